The summed E-state index contributed by atoms with van der Waals surface area (Å²) in [6.07, 6.45) is 5.74. The molecule has 1 fully saturated rings. The zero-order valence-electron chi connectivity index (χ0n) is 11.3. The number of aliphatic hydroxyl groups is 1. The van der Waals surface area contributed by atoms with Crippen molar-refractivity contribution in [1.29, 1.82) is 0 Å². The topological polar surface area (TPSA) is 66.3 Å². The molecular formula is C13H21N3O2S. The van der Waals surface area contributed by atoms with Gasteiger partial charge in [-0.1, -0.05) is 17.8 Å². The van der Waals surface area contributed by atoms with Gasteiger partial charge in [-0.3, -0.25) is 4.79 Å². The second-order valence-electron chi connectivity index (χ2n) is 4.96. The van der Waals surface area contributed by atoms with Crippen LogP contribution in [0.5, 0.6) is 0 Å². The van der Waals surface area contributed by atoms with Crippen molar-refractivity contribution in [2.75, 3.05) is 13.2 Å². The van der Waals surface area contributed by atoms with Gasteiger partial charge in [0, 0.05) is 19.2 Å². The molecule has 1 heterocycles. The van der Waals surface area contributed by atoms with Gasteiger partial charge in [0.15, 0.2) is 0 Å². The van der Waals surface area contributed by atoms with E-state index in [-0.39, 0.29) is 12.5 Å². The van der Waals surface area contributed by atoms with E-state index in [2.05, 4.69) is 16.5 Å². The molecule has 1 saturated carbocycles. The minimum Gasteiger partial charge on any atom is -0.396 e. The Kier molecular flexibility index (Phi) is 5.27. The number of hydrogen-bond donors (Lipinski definition) is 1. The van der Waals surface area contributed by atoms with Gasteiger partial charge < -0.3 is 10.0 Å². The standard InChI is InChI=1S/C13H21N3O2S/c1-2-5-11-12(19-15-14-11)13(18)16(8-4-9-17)10-6-3-7-10/h10,17H,2-9H2,1H3. The first kappa shape index (κ1) is 14.4. The highest BCUT2D eigenvalue weighted by Crippen LogP contribution is 2.27. The maximum Gasteiger partial charge on any atom is 0.267 e. The maximum absolute atomic E-state index is 12.6. The third kappa shape index (κ3) is 3.30. The summed E-state index contributed by atoms with van der Waals surface area (Å²) in [7, 11) is 0. The molecule has 1 N–H and O–H groups in total. The number of aliphatic hydroxyl groups excluding tert-OH is 1. The molecule has 0 saturated heterocycles. The zero-order valence-corrected chi connectivity index (χ0v) is 12.2. The first-order valence-electron chi connectivity index (χ1n) is 7.01. The number of amides is 1. The Morgan fingerprint density at radius 1 is 1.53 bits per heavy atom. The average Bonchev–Trinajstić information content (AvgIpc) is 2.80. The van der Waals surface area contributed by atoms with Gasteiger partial charge in [-0.2, -0.15) is 0 Å². The molecule has 6 heteroatoms. The summed E-state index contributed by atoms with van der Waals surface area (Å²) in [6, 6.07) is 0.343. The second kappa shape index (κ2) is 6.96. The number of rotatable bonds is 7. The molecule has 0 aromatic carbocycles. The van der Waals surface area contributed by atoms with Crippen molar-refractivity contribution in [2.24, 2.45) is 0 Å². The molecule has 106 valence electrons. The first-order valence-corrected chi connectivity index (χ1v) is 7.78. The van der Waals surface area contributed by atoms with E-state index in [1.54, 1.807) is 0 Å². The van der Waals surface area contributed by atoms with Crippen LogP contribution in [0, 0.1) is 0 Å². The molecule has 0 atom stereocenters. The first-order chi connectivity index (χ1) is 9.27. The molecule has 1 aliphatic carbocycles. The van der Waals surface area contributed by atoms with Crippen molar-refractivity contribution in [2.45, 2.75) is 51.5 Å². The molecule has 2 rings (SSSR count). The summed E-state index contributed by atoms with van der Waals surface area (Å²) in [4.78, 5) is 15.2. The summed E-state index contributed by atoms with van der Waals surface area (Å²) in [5.41, 5.74) is 0.825. The number of nitrogens with zero attached hydrogens (tertiary/aromatic N) is 3. The van der Waals surface area contributed by atoms with Gasteiger partial charge in [-0.15, -0.1) is 5.10 Å². The van der Waals surface area contributed by atoms with Crippen LogP contribution in [0.25, 0.3) is 0 Å². The van der Waals surface area contributed by atoms with E-state index < -0.39 is 0 Å². The van der Waals surface area contributed by atoms with Crippen LogP contribution < -0.4 is 0 Å². The molecule has 19 heavy (non-hydrogen) atoms. The fourth-order valence-electron chi connectivity index (χ4n) is 2.29. The van der Waals surface area contributed by atoms with Gasteiger partial charge in [0.25, 0.3) is 5.91 Å². The Morgan fingerprint density at radius 2 is 2.32 bits per heavy atom. The maximum atomic E-state index is 12.6. The van der Waals surface area contributed by atoms with Gasteiger partial charge >= 0.3 is 0 Å². The molecule has 1 amide bonds. The van der Waals surface area contributed by atoms with Crippen LogP contribution in [0.15, 0.2) is 0 Å². The van der Waals surface area contributed by atoms with Crippen LogP contribution in [0.2, 0.25) is 0 Å². The zero-order chi connectivity index (χ0) is 13.7. The summed E-state index contributed by atoms with van der Waals surface area (Å²) in [6.45, 7) is 2.83. The lowest BCUT2D eigenvalue weighted by Gasteiger charge is -2.37. The molecule has 0 bridgehead atoms. The number of aryl methyl sites for hydroxylation is 1. The fourth-order valence-corrected chi connectivity index (χ4v) is 2.96. The lowest BCUT2D eigenvalue weighted by molar-refractivity contribution is 0.0566. The van der Waals surface area contributed by atoms with E-state index in [0.717, 1.165) is 31.4 Å². The molecule has 0 radical (unpaired) electrons. The lowest BCUT2D eigenvalue weighted by atomic mass is 9.91. The Balaban J connectivity index is 2.10. The molecule has 0 aliphatic heterocycles. The third-order valence-corrected chi connectivity index (χ3v) is 4.33. The van der Waals surface area contributed by atoms with Crippen LogP contribution >= 0.6 is 11.5 Å². The number of carbonyl (C=O) groups excluding carboxylic acids is 1. The molecule has 5 nitrogen and oxygen atoms in total. The van der Waals surface area contributed by atoms with Crippen molar-refractivity contribution in [1.82, 2.24) is 14.5 Å². The van der Waals surface area contributed by atoms with E-state index in [1.165, 1.54) is 18.0 Å². The van der Waals surface area contributed by atoms with Crippen LogP contribution in [-0.2, 0) is 6.42 Å². The van der Waals surface area contributed by atoms with Crippen molar-refractivity contribution in [3.8, 4) is 0 Å². The molecule has 1 aromatic rings. The summed E-state index contributed by atoms with van der Waals surface area (Å²) >= 11 is 1.20. The predicted molar refractivity (Wildman–Crippen MR) is 74.3 cm³/mol. The molecule has 1 aliphatic rings. The summed E-state index contributed by atoms with van der Waals surface area (Å²) < 4.78 is 3.92. The van der Waals surface area contributed by atoms with Crippen LogP contribution in [0.3, 0.4) is 0 Å². The molecule has 0 spiro atoms. The number of hydrogen-bond acceptors (Lipinski definition) is 5. The Bertz CT molecular complexity index is 418. The quantitative estimate of drug-likeness (QED) is 0.829. The van der Waals surface area contributed by atoms with E-state index in [4.69, 9.17) is 5.11 Å². The van der Waals surface area contributed by atoms with E-state index in [9.17, 15) is 4.79 Å². The van der Waals surface area contributed by atoms with Crippen molar-refractivity contribution >= 4 is 17.4 Å². The number of aromatic nitrogens is 2. The normalized spacial score (nSPS) is 15.3. The Hall–Kier alpha value is -1.01. The fraction of sp³-hybridized carbons (Fsp3) is 0.769. The van der Waals surface area contributed by atoms with Crippen LogP contribution in [0.4, 0.5) is 0 Å². The highest BCUT2D eigenvalue weighted by atomic mass is 32.1. The van der Waals surface area contributed by atoms with Crippen molar-refractivity contribution in [3.05, 3.63) is 10.6 Å². The Labute approximate surface area is 117 Å². The monoisotopic (exact) mass is 283 g/mol. The van der Waals surface area contributed by atoms with E-state index in [1.807, 2.05) is 4.90 Å². The molecule has 1 aromatic heterocycles. The smallest absolute Gasteiger partial charge is 0.267 e. The van der Waals surface area contributed by atoms with Crippen molar-refractivity contribution < 1.29 is 9.90 Å². The van der Waals surface area contributed by atoms with Gasteiger partial charge in [-0.05, 0) is 43.6 Å². The predicted octanol–water partition coefficient (Wildman–Crippen LogP) is 1.87. The minimum absolute atomic E-state index is 0.0524. The van der Waals surface area contributed by atoms with Gasteiger partial charge in [0.05, 0.1) is 5.69 Å². The average molecular weight is 283 g/mol. The molecule has 0 unspecified atom stereocenters. The van der Waals surface area contributed by atoms with E-state index >= 15 is 0 Å². The van der Waals surface area contributed by atoms with Gasteiger partial charge in [-0.25, -0.2) is 0 Å². The Morgan fingerprint density at radius 3 is 2.89 bits per heavy atom. The lowest BCUT2D eigenvalue weighted by Crippen LogP contribution is -2.45. The van der Waals surface area contributed by atoms with Gasteiger partial charge in [0.2, 0.25) is 0 Å². The number of carbonyl (C=O) groups is 1. The SMILES string of the molecule is CCCc1nnsc1C(=O)N(CCCO)C1CCC1. The van der Waals surface area contributed by atoms with Crippen LogP contribution in [-0.4, -0.2) is 44.7 Å². The second-order valence-corrected chi connectivity index (χ2v) is 5.71. The van der Waals surface area contributed by atoms with Crippen molar-refractivity contribution in [3.63, 3.8) is 0 Å². The third-order valence-electron chi connectivity index (χ3n) is 3.57. The summed E-state index contributed by atoms with van der Waals surface area (Å²) in [5, 5.41) is 13.0. The molecular weight excluding hydrogens is 262 g/mol. The largest absolute Gasteiger partial charge is 0.396 e. The highest BCUT2D eigenvalue weighted by molar-refractivity contribution is 7.08. The van der Waals surface area contributed by atoms with E-state index in [0.29, 0.717) is 23.9 Å². The van der Waals surface area contributed by atoms with Crippen LogP contribution in [0.1, 0.15) is 54.4 Å². The minimum atomic E-state index is 0.0524. The summed E-state index contributed by atoms with van der Waals surface area (Å²) in [5.74, 6) is 0.0524. The van der Waals surface area contributed by atoms with Gasteiger partial charge in [0.1, 0.15) is 4.88 Å². The highest BCUT2D eigenvalue weighted by Gasteiger charge is 2.31.